The lowest BCUT2D eigenvalue weighted by molar-refractivity contribution is 0.0692. The molecule has 0 heterocycles. The first kappa shape index (κ1) is 13.5. The molecular formula is C13H18O4. The molecule has 2 N–H and O–H groups in total. The van der Waals surface area contributed by atoms with Gasteiger partial charge < -0.3 is 14.9 Å². The average molecular weight is 238 g/mol. The van der Waals surface area contributed by atoms with E-state index in [-0.39, 0.29) is 12.2 Å². The Bertz CT molecular complexity index is 374. The number of carboxylic acid groups (broad SMARTS) is 1. The van der Waals surface area contributed by atoms with Crippen LogP contribution in [0.1, 0.15) is 35.2 Å². The molecule has 1 aromatic carbocycles. The molecule has 0 aliphatic rings. The summed E-state index contributed by atoms with van der Waals surface area (Å²) < 4.78 is 5.51. The van der Waals surface area contributed by atoms with Gasteiger partial charge in [-0.2, -0.15) is 0 Å². The van der Waals surface area contributed by atoms with Crippen LogP contribution in [0.4, 0.5) is 0 Å². The third-order valence-corrected chi connectivity index (χ3v) is 2.49. The molecule has 4 heteroatoms. The lowest BCUT2D eigenvalue weighted by Gasteiger charge is -2.11. The number of para-hydroxylation sites is 1. The van der Waals surface area contributed by atoms with Gasteiger partial charge in [0.1, 0.15) is 11.3 Å². The van der Waals surface area contributed by atoms with Crippen LogP contribution in [-0.4, -0.2) is 29.4 Å². The van der Waals surface area contributed by atoms with E-state index in [2.05, 4.69) is 0 Å². The van der Waals surface area contributed by atoms with Crippen LogP contribution in [-0.2, 0) is 0 Å². The van der Waals surface area contributed by atoms with Gasteiger partial charge in [-0.25, -0.2) is 4.79 Å². The van der Waals surface area contributed by atoms with Crippen LogP contribution < -0.4 is 4.74 Å². The molecule has 94 valence electrons. The van der Waals surface area contributed by atoms with E-state index < -0.39 is 5.97 Å². The third-order valence-electron chi connectivity index (χ3n) is 2.49. The summed E-state index contributed by atoms with van der Waals surface area (Å²) in [6.07, 6.45) is 2.45. The Morgan fingerprint density at radius 3 is 2.71 bits per heavy atom. The number of hydrogen-bond acceptors (Lipinski definition) is 3. The summed E-state index contributed by atoms with van der Waals surface area (Å²) in [5.41, 5.74) is 1.03. The minimum Gasteiger partial charge on any atom is -0.492 e. The lowest BCUT2D eigenvalue weighted by atomic mass is 10.1. The van der Waals surface area contributed by atoms with Crippen LogP contribution in [0.5, 0.6) is 5.75 Å². The Balaban J connectivity index is 2.60. The van der Waals surface area contributed by atoms with Gasteiger partial charge in [-0.05, 0) is 37.8 Å². The maximum atomic E-state index is 11.0. The van der Waals surface area contributed by atoms with Crippen LogP contribution in [0.3, 0.4) is 0 Å². The summed E-state index contributed by atoms with van der Waals surface area (Å²) in [6.45, 7) is 2.49. The molecule has 0 aliphatic carbocycles. The number of unbranched alkanes of at least 4 members (excludes halogenated alkanes) is 2. The van der Waals surface area contributed by atoms with Crippen molar-refractivity contribution >= 4 is 5.97 Å². The van der Waals surface area contributed by atoms with Gasteiger partial charge in [0, 0.05) is 6.61 Å². The number of benzene rings is 1. The van der Waals surface area contributed by atoms with E-state index in [0.717, 1.165) is 24.8 Å². The van der Waals surface area contributed by atoms with Crippen LogP contribution in [0.2, 0.25) is 0 Å². The Hall–Kier alpha value is -1.55. The second kappa shape index (κ2) is 6.91. The maximum Gasteiger partial charge on any atom is 0.339 e. The van der Waals surface area contributed by atoms with E-state index >= 15 is 0 Å². The first-order chi connectivity index (χ1) is 8.16. The number of ether oxygens (including phenoxy) is 1. The van der Waals surface area contributed by atoms with E-state index in [1.165, 1.54) is 0 Å². The summed E-state index contributed by atoms with van der Waals surface area (Å²) in [7, 11) is 0. The summed E-state index contributed by atoms with van der Waals surface area (Å²) in [4.78, 5) is 11.0. The first-order valence-corrected chi connectivity index (χ1v) is 5.73. The molecule has 17 heavy (non-hydrogen) atoms. The van der Waals surface area contributed by atoms with Crippen LogP contribution in [0.25, 0.3) is 0 Å². The highest BCUT2D eigenvalue weighted by molar-refractivity contribution is 5.91. The van der Waals surface area contributed by atoms with E-state index in [1.54, 1.807) is 12.1 Å². The fourth-order valence-electron chi connectivity index (χ4n) is 1.58. The minimum atomic E-state index is -0.973. The topological polar surface area (TPSA) is 66.8 Å². The van der Waals surface area contributed by atoms with Gasteiger partial charge >= 0.3 is 5.97 Å². The summed E-state index contributed by atoms with van der Waals surface area (Å²) in [5.74, 6) is -0.525. The van der Waals surface area contributed by atoms with Crippen molar-refractivity contribution in [3.05, 3.63) is 29.3 Å². The Labute approximate surface area is 101 Å². The number of aryl methyl sites for hydroxylation is 1. The molecule has 0 fully saturated rings. The van der Waals surface area contributed by atoms with E-state index in [0.29, 0.717) is 12.4 Å². The van der Waals surface area contributed by atoms with Crippen molar-refractivity contribution in [1.29, 1.82) is 0 Å². The summed E-state index contributed by atoms with van der Waals surface area (Å²) >= 11 is 0. The molecule has 0 unspecified atom stereocenters. The molecule has 0 saturated carbocycles. The molecule has 0 spiro atoms. The number of aromatic carboxylic acids is 1. The Kier molecular flexibility index (Phi) is 5.49. The second-order valence-corrected chi connectivity index (χ2v) is 3.89. The predicted octanol–water partition coefficient (Wildman–Crippen LogP) is 2.23. The van der Waals surface area contributed by atoms with Crippen LogP contribution in [0.15, 0.2) is 18.2 Å². The summed E-state index contributed by atoms with van der Waals surface area (Å²) in [5, 5.41) is 17.6. The molecule has 0 atom stereocenters. The highest BCUT2D eigenvalue weighted by Gasteiger charge is 2.12. The molecule has 1 aromatic rings. The SMILES string of the molecule is Cc1cccc(C(=O)O)c1OCCCCCO. The fraction of sp³-hybridized carbons (Fsp3) is 0.462. The number of carbonyl (C=O) groups is 1. The van der Waals surface area contributed by atoms with Gasteiger partial charge in [-0.3, -0.25) is 0 Å². The highest BCUT2D eigenvalue weighted by atomic mass is 16.5. The smallest absolute Gasteiger partial charge is 0.339 e. The standard InChI is InChI=1S/C13H18O4/c1-10-6-5-7-11(13(15)16)12(10)17-9-4-2-3-8-14/h5-7,14H,2-4,8-9H2,1H3,(H,15,16). The van der Waals surface area contributed by atoms with Crippen LogP contribution >= 0.6 is 0 Å². The average Bonchev–Trinajstić information content (AvgIpc) is 2.30. The zero-order chi connectivity index (χ0) is 12.7. The number of aliphatic hydroxyl groups is 1. The van der Waals surface area contributed by atoms with Crippen molar-refractivity contribution in [2.75, 3.05) is 13.2 Å². The van der Waals surface area contributed by atoms with Crippen molar-refractivity contribution in [2.45, 2.75) is 26.2 Å². The molecular weight excluding hydrogens is 220 g/mol. The number of carboxylic acids is 1. The zero-order valence-electron chi connectivity index (χ0n) is 9.98. The van der Waals surface area contributed by atoms with Crippen molar-refractivity contribution in [1.82, 2.24) is 0 Å². The molecule has 0 aliphatic heterocycles. The molecule has 0 radical (unpaired) electrons. The van der Waals surface area contributed by atoms with Gasteiger partial charge in [0.2, 0.25) is 0 Å². The van der Waals surface area contributed by atoms with Crippen LogP contribution in [0, 0.1) is 6.92 Å². The van der Waals surface area contributed by atoms with Crippen molar-refractivity contribution in [3.63, 3.8) is 0 Å². The molecule has 1 rings (SSSR count). The predicted molar refractivity (Wildman–Crippen MR) is 64.6 cm³/mol. The van der Waals surface area contributed by atoms with Gasteiger partial charge in [-0.15, -0.1) is 0 Å². The normalized spacial score (nSPS) is 10.2. The zero-order valence-corrected chi connectivity index (χ0v) is 9.98. The number of aliphatic hydroxyl groups excluding tert-OH is 1. The van der Waals surface area contributed by atoms with Crippen molar-refractivity contribution in [2.24, 2.45) is 0 Å². The van der Waals surface area contributed by atoms with Gasteiger partial charge in [0.15, 0.2) is 0 Å². The lowest BCUT2D eigenvalue weighted by Crippen LogP contribution is -2.06. The number of rotatable bonds is 7. The van der Waals surface area contributed by atoms with Gasteiger partial charge in [0.25, 0.3) is 0 Å². The Morgan fingerprint density at radius 1 is 1.29 bits per heavy atom. The summed E-state index contributed by atoms with van der Waals surface area (Å²) in [6, 6.07) is 5.07. The van der Waals surface area contributed by atoms with Gasteiger partial charge in [-0.1, -0.05) is 12.1 Å². The maximum absolute atomic E-state index is 11.0. The molecule has 0 amide bonds. The number of hydrogen-bond donors (Lipinski definition) is 2. The monoisotopic (exact) mass is 238 g/mol. The third kappa shape index (κ3) is 4.07. The van der Waals surface area contributed by atoms with Crippen molar-refractivity contribution < 1.29 is 19.7 Å². The van der Waals surface area contributed by atoms with E-state index in [9.17, 15) is 4.79 Å². The second-order valence-electron chi connectivity index (χ2n) is 3.89. The van der Waals surface area contributed by atoms with Crippen molar-refractivity contribution in [3.8, 4) is 5.75 Å². The minimum absolute atomic E-state index is 0.185. The Morgan fingerprint density at radius 2 is 2.06 bits per heavy atom. The molecule has 0 saturated heterocycles. The molecule has 4 nitrogen and oxygen atoms in total. The quantitative estimate of drug-likeness (QED) is 0.715. The van der Waals surface area contributed by atoms with E-state index in [4.69, 9.17) is 14.9 Å². The largest absolute Gasteiger partial charge is 0.492 e. The van der Waals surface area contributed by atoms with E-state index in [1.807, 2.05) is 13.0 Å². The fourth-order valence-corrected chi connectivity index (χ4v) is 1.58. The first-order valence-electron chi connectivity index (χ1n) is 5.73. The molecule has 0 aromatic heterocycles. The highest BCUT2D eigenvalue weighted by Crippen LogP contribution is 2.23. The van der Waals surface area contributed by atoms with Gasteiger partial charge in [0.05, 0.1) is 6.61 Å². The molecule has 0 bridgehead atoms.